The van der Waals surface area contributed by atoms with Gasteiger partial charge in [0.25, 0.3) is 5.91 Å². The number of benzene rings is 1. The maximum Gasteiger partial charge on any atom is 0.326 e. The Morgan fingerprint density at radius 2 is 2.10 bits per heavy atom. The highest BCUT2D eigenvalue weighted by Crippen LogP contribution is 2.29. The van der Waals surface area contributed by atoms with E-state index in [-0.39, 0.29) is 18.8 Å². The van der Waals surface area contributed by atoms with Gasteiger partial charge >= 0.3 is 5.97 Å². The summed E-state index contributed by atoms with van der Waals surface area (Å²) in [5.41, 5.74) is 0. The molecule has 0 saturated carbocycles. The van der Waals surface area contributed by atoms with Gasteiger partial charge in [-0.3, -0.25) is 4.79 Å². The minimum Gasteiger partial charge on any atom is -0.480 e. The lowest BCUT2D eigenvalue weighted by molar-refractivity contribution is -0.141. The minimum atomic E-state index is -1.13. The van der Waals surface area contributed by atoms with Gasteiger partial charge in [-0.1, -0.05) is 0 Å². The average molecular weight is 309 g/mol. The highest BCUT2D eigenvalue weighted by molar-refractivity contribution is 7.20. The zero-order valence-corrected chi connectivity index (χ0v) is 11.6. The molecule has 7 heteroatoms. The lowest BCUT2D eigenvalue weighted by Gasteiger charge is -2.20. The second-order valence-corrected chi connectivity index (χ2v) is 6.08. The van der Waals surface area contributed by atoms with Crippen LogP contribution in [0.1, 0.15) is 16.1 Å². The average Bonchev–Trinajstić information content (AvgIpc) is 3.00. The van der Waals surface area contributed by atoms with Crippen molar-refractivity contribution in [3.63, 3.8) is 0 Å². The van der Waals surface area contributed by atoms with Crippen molar-refractivity contribution in [2.24, 2.45) is 0 Å². The molecule has 21 heavy (non-hydrogen) atoms. The van der Waals surface area contributed by atoms with E-state index in [9.17, 15) is 19.1 Å². The topological polar surface area (TPSA) is 77.8 Å². The van der Waals surface area contributed by atoms with Crippen molar-refractivity contribution in [1.29, 1.82) is 0 Å². The summed E-state index contributed by atoms with van der Waals surface area (Å²) >= 11 is 1.18. The molecule has 1 amide bonds. The van der Waals surface area contributed by atoms with Crippen molar-refractivity contribution in [2.75, 3.05) is 6.54 Å². The largest absolute Gasteiger partial charge is 0.480 e. The van der Waals surface area contributed by atoms with Gasteiger partial charge in [0.2, 0.25) is 0 Å². The van der Waals surface area contributed by atoms with Crippen LogP contribution in [0, 0.1) is 5.82 Å². The molecule has 1 fully saturated rings. The van der Waals surface area contributed by atoms with Crippen LogP contribution in [-0.4, -0.2) is 45.7 Å². The third-order valence-corrected chi connectivity index (χ3v) is 4.62. The first-order valence-electron chi connectivity index (χ1n) is 6.36. The summed E-state index contributed by atoms with van der Waals surface area (Å²) in [5.74, 6) is -1.97. The number of β-amino-alcohol motifs (C(OH)–C–C–N with tert-alkyl or cyclic N) is 1. The van der Waals surface area contributed by atoms with Gasteiger partial charge in [-0.2, -0.15) is 0 Å². The molecule has 1 aromatic heterocycles. The highest BCUT2D eigenvalue weighted by Gasteiger charge is 2.39. The van der Waals surface area contributed by atoms with Gasteiger partial charge in [0.1, 0.15) is 11.9 Å². The Labute approximate surface area is 123 Å². The number of carbonyl (C=O) groups is 2. The van der Waals surface area contributed by atoms with E-state index in [2.05, 4.69) is 0 Å². The molecule has 3 rings (SSSR count). The number of aliphatic hydroxyl groups is 1. The molecular weight excluding hydrogens is 297 g/mol. The van der Waals surface area contributed by atoms with Crippen molar-refractivity contribution in [2.45, 2.75) is 18.6 Å². The second kappa shape index (κ2) is 5.09. The van der Waals surface area contributed by atoms with Crippen LogP contribution in [0.4, 0.5) is 4.39 Å². The zero-order valence-electron chi connectivity index (χ0n) is 10.8. The minimum absolute atomic E-state index is 0.00158. The molecule has 1 saturated heterocycles. The van der Waals surface area contributed by atoms with Crippen molar-refractivity contribution in [3.8, 4) is 0 Å². The fourth-order valence-corrected chi connectivity index (χ4v) is 3.53. The van der Waals surface area contributed by atoms with Gasteiger partial charge in [-0.05, 0) is 29.7 Å². The van der Waals surface area contributed by atoms with Crippen molar-refractivity contribution in [1.82, 2.24) is 4.90 Å². The summed E-state index contributed by atoms with van der Waals surface area (Å²) < 4.78 is 13.9. The number of amides is 1. The van der Waals surface area contributed by atoms with E-state index in [0.717, 1.165) is 9.60 Å². The number of hydrogen-bond acceptors (Lipinski definition) is 4. The van der Waals surface area contributed by atoms with E-state index in [1.54, 1.807) is 12.1 Å². The molecule has 0 unspecified atom stereocenters. The van der Waals surface area contributed by atoms with Gasteiger partial charge < -0.3 is 15.1 Å². The van der Waals surface area contributed by atoms with Crippen LogP contribution in [0.2, 0.25) is 0 Å². The molecule has 2 atom stereocenters. The van der Waals surface area contributed by atoms with E-state index in [0.29, 0.717) is 10.3 Å². The summed E-state index contributed by atoms with van der Waals surface area (Å²) in [5, 5.41) is 19.3. The van der Waals surface area contributed by atoms with E-state index in [1.165, 1.54) is 23.5 Å². The Hall–Kier alpha value is -1.99. The quantitative estimate of drug-likeness (QED) is 0.885. The molecule has 2 aromatic rings. The Kier molecular flexibility index (Phi) is 3.38. The smallest absolute Gasteiger partial charge is 0.326 e. The third kappa shape index (κ3) is 2.50. The zero-order chi connectivity index (χ0) is 15.1. The monoisotopic (exact) mass is 309 g/mol. The van der Waals surface area contributed by atoms with Crippen LogP contribution in [0.3, 0.4) is 0 Å². The summed E-state index contributed by atoms with van der Waals surface area (Å²) in [4.78, 5) is 25.1. The first-order chi connectivity index (χ1) is 9.95. The molecule has 1 aliphatic heterocycles. The number of rotatable bonds is 2. The number of carboxylic acids is 1. The predicted molar refractivity (Wildman–Crippen MR) is 74.9 cm³/mol. The van der Waals surface area contributed by atoms with Gasteiger partial charge in [-0.25, -0.2) is 9.18 Å². The number of nitrogens with zero attached hydrogens (tertiary/aromatic N) is 1. The van der Waals surface area contributed by atoms with E-state index >= 15 is 0 Å². The highest BCUT2D eigenvalue weighted by atomic mass is 32.1. The van der Waals surface area contributed by atoms with E-state index < -0.39 is 24.0 Å². The van der Waals surface area contributed by atoms with Crippen LogP contribution in [0.25, 0.3) is 10.1 Å². The number of carbonyl (C=O) groups excluding carboxylic acids is 1. The standard InChI is InChI=1S/C14H12FNO4S/c15-8-1-2-11-7(3-8)4-12(21-11)13(18)16-6-9(17)5-10(16)14(19)20/h1-4,9-10,17H,5-6H2,(H,19,20)/t9-,10-/m0/s1. The molecule has 2 heterocycles. The van der Waals surface area contributed by atoms with Crippen LogP contribution >= 0.6 is 11.3 Å². The van der Waals surface area contributed by atoms with Gasteiger partial charge in [0, 0.05) is 17.7 Å². The Balaban J connectivity index is 1.94. The predicted octanol–water partition coefficient (Wildman–Crippen LogP) is 1.70. The number of fused-ring (bicyclic) bond motifs is 1. The molecule has 0 aliphatic carbocycles. The van der Waals surface area contributed by atoms with Crippen LogP contribution in [-0.2, 0) is 4.79 Å². The Morgan fingerprint density at radius 3 is 2.81 bits per heavy atom. The molecule has 0 radical (unpaired) electrons. The number of halogens is 1. The molecular formula is C14H12FNO4S. The van der Waals surface area contributed by atoms with Crippen molar-refractivity contribution in [3.05, 3.63) is 35.0 Å². The molecule has 5 nitrogen and oxygen atoms in total. The number of aliphatic carboxylic acids is 1. The first-order valence-corrected chi connectivity index (χ1v) is 7.18. The molecule has 1 aromatic carbocycles. The number of thiophene rings is 1. The fraction of sp³-hybridized carbons (Fsp3) is 0.286. The molecule has 0 bridgehead atoms. The van der Waals surface area contributed by atoms with Crippen molar-refractivity contribution < 1.29 is 24.2 Å². The SMILES string of the molecule is O=C(O)[C@@H]1C[C@H](O)CN1C(=O)c1cc2cc(F)ccc2s1. The Bertz CT molecular complexity index is 729. The maximum absolute atomic E-state index is 13.2. The van der Waals surface area contributed by atoms with E-state index in [4.69, 9.17) is 5.11 Å². The number of likely N-dealkylation sites (tertiary alicyclic amines) is 1. The van der Waals surface area contributed by atoms with Gasteiger partial charge in [0.05, 0.1) is 11.0 Å². The van der Waals surface area contributed by atoms with Crippen LogP contribution in [0.5, 0.6) is 0 Å². The van der Waals surface area contributed by atoms with Gasteiger partial charge in [0.15, 0.2) is 0 Å². The second-order valence-electron chi connectivity index (χ2n) is 4.99. The maximum atomic E-state index is 13.2. The molecule has 0 spiro atoms. The number of aliphatic hydroxyl groups excluding tert-OH is 1. The molecule has 110 valence electrons. The lowest BCUT2D eigenvalue weighted by atomic mass is 10.2. The first kappa shape index (κ1) is 14.0. The number of carboxylic acid groups (broad SMARTS) is 1. The lowest BCUT2D eigenvalue weighted by Crippen LogP contribution is -2.40. The third-order valence-electron chi connectivity index (χ3n) is 3.51. The van der Waals surface area contributed by atoms with Crippen LogP contribution in [0.15, 0.2) is 24.3 Å². The summed E-state index contributed by atoms with van der Waals surface area (Å²) in [6, 6.07) is 4.76. The molecule has 1 aliphatic rings. The molecule has 2 N–H and O–H groups in total. The summed E-state index contributed by atoms with van der Waals surface area (Å²) in [6.45, 7) is -0.00158. The Morgan fingerprint density at radius 1 is 1.33 bits per heavy atom. The summed E-state index contributed by atoms with van der Waals surface area (Å²) in [6.07, 6.45) is -0.803. The van der Waals surface area contributed by atoms with E-state index in [1.807, 2.05) is 0 Å². The van der Waals surface area contributed by atoms with Crippen LogP contribution < -0.4 is 0 Å². The summed E-state index contributed by atoms with van der Waals surface area (Å²) in [7, 11) is 0. The van der Waals surface area contributed by atoms with Crippen molar-refractivity contribution >= 4 is 33.3 Å². The van der Waals surface area contributed by atoms with Gasteiger partial charge in [-0.15, -0.1) is 11.3 Å². The fourth-order valence-electron chi connectivity index (χ4n) is 2.53. The normalized spacial score (nSPS) is 21.9. The number of hydrogen-bond donors (Lipinski definition) is 2.